The van der Waals surface area contributed by atoms with E-state index in [1.54, 1.807) is 0 Å². The molecule has 102 valence electrons. The smallest absolute Gasteiger partial charge is 0.290 e. The van der Waals surface area contributed by atoms with Crippen molar-refractivity contribution in [3.05, 3.63) is 22.4 Å². The Labute approximate surface area is 114 Å². The first-order valence-corrected chi connectivity index (χ1v) is 7.16. The zero-order valence-electron chi connectivity index (χ0n) is 11.6. The monoisotopic (exact) mass is 260 g/mol. The van der Waals surface area contributed by atoms with E-state index in [9.17, 15) is 5.26 Å². The fourth-order valence-electron chi connectivity index (χ4n) is 2.80. The van der Waals surface area contributed by atoms with Crippen LogP contribution in [0.25, 0.3) is 0 Å². The van der Waals surface area contributed by atoms with E-state index < -0.39 is 0 Å². The molecule has 0 atom stereocenters. The maximum atomic E-state index is 9.44. The standard InChI is InChI=1S/C15H21N3O/c1-2-14-12-7-4-3-6-11(12)13(10-16)15(18-14)17-8-5-9-19/h19H,2-9H2,1H3,(H,17,18)/p+1. The van der Waals surface area contributed by atoms with Crippen LogP contribution in [0.15, 0.2) is 0 Å². The number of nitriles is 1. The van der Waals surface area contributed by atoms with Gasteiger partial charge in [-0.1, -0.05) is 6.92 Å². The molecule has 0 bridgehead atoms. The van der Waals surface area contributed by atoms with Crippen molar-refractivity contribution in [2.75, 3.05) is 18.5 Å². The molecule has 0 saturated carbocycles. The molecular weight excluding hydrogens is 238 g/mol. The number of pyridine rings is 1. The molecule has 1 aliphatic carbocycles. The van der Waals surface area contributed by atoms with Gasteiger partial charge >= 0.3 is 0 Å². The van der Waals surface area contributed by atoms with Gasteiger partial charge in [0, 0.05) is 19.4 Å². The molecule has 0 spiro atoms. The number of aliphatic hydroxyl groups is 1. The van der Waals surface area contributed by atoms with Crippen LogP contribution in [0.4, 0.5) is 5.82 Å². The van der Waals surface area contributed by atoms with Gasteiger partial charge in [-0.15, -0.1) is 0 Å². The quantitative estimate of drug-likeness (QED) is 0.790. The highest BCUT2D eigenvalue weighted by molar-refractivity contribution is 5.56. The predicted octanol–water partition coefficient (Wildman–Crippen LogP) is 1.61. The van der Waals surface area contributed by atoms with Gasteiger partial charge < -0.3 is 5.11 Å². The van der Waals surface area contributed by atoms with Crippen LogP contribution in [0.5, 0.6) is 0 Å². The second kappa shape index (κ2) is 6.53. The molecule has 0 aliphatic heterocycles. The van der Waals surface area contributed by atoms with Crippen LogP contribution in [0.1, 0.15) is 48.6 Å². The van der Waals surface area contributed by atoms with Gasteiger partial charge in [0.15, 0.2) is 0 Å². The van der Waals surface area contributed by atoms with Crippen LogP contribution in [0, 0.1) is 11.3 Å². The Morgan fingerprint density at radius 1 is 1.32 bits per heavy atom. The number of hydrogen-bond donors (Lipinski definition) is 2. The molecule has 0 radical (unpaired) electrons. The number of nitrogens with one attached hydrogen (secondary N) is 2. The Balaban J connectivity index is 2.39. The summed E-state index contributed by atoms with van der Waals surface area (Å²) in [6.07, 6.45) is 6.14. The second-order valence-electron chi connectivity index (χ2n) is 4.99. The van der Waals surface area contributed by atoms with E-state index in [2.05, 4.69) is 23.3 Å². The van der Waals surface area contributed by atoms with Crippen molar-refractivity contribution in [2.45, 2.75) is 45.4 Å². The second-order valence-corrected chi connectivity index (χ2v) is 4.99. The summed E-state index contributed by atoms with van der Waals surface area (Å²) in [7, 11) is 0. The Bertz CT molecular complexity index is 491. The van der Waals surface area contributed by atoms with Crippen LogP contribution < -0.4 is 10.3 Å². The first-order valence-electron chi connectivity index (χ1n) is 7.16. The first-order chi connectivity index (χ1) is 9.31. The van der Waals surface area contributed by atoms with Gasteiger partial charge in [0.2, 0.25) is 0 Å². The SMILES string of the molecule is CCc1[nH+]c(NCCCO)c(C#N)c2c1CCCC2. The lowest BCUT2D eigenvalue weighted by Gasteiger charge is -2.19. The molecule has 0 unspecified atom stereocenters. The van der Waals surface area contributed by atoms with Crippen molar-refractivity contribution in [3.8, 4) is 6.07 Å². The minimum atomic E-state index is 0.167. The minimum Gasteiger partial charge on any atom is -0.396 e. The van der Waals surface area contributed by atoms with Crippen LogP contribution in [0.3, 0.4) is 0 Å². The van der Waals surface area contributed by atoms with Gasteiger partial charge in [-0.05, 0) is 36.8 Å². The third kappa shape index (κ3) is 2.87. The van der Waals surface area contributed by atoms with E-state index in [0.29, 0.717) is 13.0 Å². The van der Waals surface area contributed by atoms with E-state index in [-0.39, 0.29) is 6.61 Å². The van der Waals surface area contributed by atoms with Gasteiger partial charge in [-0.25, -0.2) is 4.98 Å². The molecular formula is C15H22N3O+. The largest absolute Gasteiger partial charge is 0.396 e. The lowest BCUT2D eigenvalue weighted by Crippen LogP contribution is -2.26. The van der Waals surface area contributed by atoms with Gasteiger partial charge in [0.1, 0.15) is 17.3 Å². The number of aromatic nitrogens is 1. The summed E-state index contributed by atoms with van der Waals surface area (Å²) in [6.45, 7) is 2.99. The lowest BCUT2D eigenvalue weighted by molar-refractivity contribution is -0.374. The highest BCUT2D eigenvalue weighted by Crippen LogP contribution is 2.28. The molecule has 1 aliphatic rings. The van der Waals surface area contributed by atoms with Crippen molar-refractivity contribution >= 4 is 5.82 Å². The van der Waals surface area contributed by atoms with Crippen molar-refractivity contribution in [1.82, 2.24) is 0 Å². The van der Waals surface area contributed by atoms with Gasteiger partial charge in [-0.3, -0.25) is 5.32 Å². The van der Waals surface area contributed by atoms with Crippen LogP contribution in [-0.4, -0.2) is 18.3 Å². The number of aromatic amines is 1. The fourth-order valence-corrected chi connectivity index (χ4v) is 2.80. The number of aryl methyl sites for hydroxylation is 1. The molecule has 0 amide bonds. The van der Waals surface area contributed by atoms with Gasteiger partial charge in [0.25, 0.3) is 5.82 Å². The highest BCUT2D eigenvalue weighted by atomic mass is 16.3. The van der Waals surface area contributed by atoms with Gasteiger partial charge in [-0.2, -0.15) is 5.26 Å². The van der Waals surface area contributed by atoms with Crippen molar-refractivity contribution in [3.63, 3.8) is 0 Å². The third-order valence-electron chi connectivity index (χ3n) is 3.76. The zero-order chi connectivity index (χ0) is 13.7. The molecule has 19 heavy (non-hydrogen) atoms. The number of nitrogens with zero attached hydrogens (tertiary/aromatic N) is 1. The third-order valence-corrected chi connectivity index (χ3v) is 3.76. The summed E-state index contributed by atoms with van der Waals surface area (Å²) in [4.78, 5) is 3.39. The predicted molar refractivity (Wildman–Crippen MR) is 73.9 cm³/mol. The van der Waals surface area contributed by atoms with Crippen molar-refractivity contribution in [2.24, 2.45) is 0 Å². The molecule has 0 saturated heterocycles. The average molecular weight is 260 g/mol. The fraction of sp³-hybridized carbons (Fsp3) is 0.600. The van der Waals surface area contributed by atoms with E-state index >= 15 is 0 Å². The summed E-state index contributed by atoms with van der Waals surface area (Å²) in [5.74, 6) is 0.827. The van der Waals surface area contributed by atoms with Gasteiger partial charge in [0.05, 0.1) is 6.54 Å². The summed E-state index contributed by atoms with van der Waals surface area (Å²) in [5, 5.41) is 21.5. The van der Waals surface area contributed by atoms with E-state index in [1.165, 1.54) is 29.7 Å². The maximum Gasteiger partial charge on any atom is 0.290 e. The van der Waals surface area contributed by atoms with E-state index in [1.807, 2.05) is 0 Å². The Morgan fingerprint density at radius 3 is 2.68 bits per heavy atom. The zero-order valence-corrected chi connectivity index (χ0v) is 11.6. The molecule has 1 aromatic heterocycles. The Morgan fingerprint density at radius 2 is 2.05 bits per heavy atom. The summed E-state index contributed by atoms with van der Waals surface area (Å²) < 4.78 is 0. The molecule has 3 N–H and O–H groups in total. The summed E-state index contributed by atoms with van der Waals surface area (Å²) in [5.41, 5.74) is 4.61. The number of fused-ring (bicyclic) bond motifs is 1. The number of anilines is 1. The number of H-pyrrole nitrogens is 1. The van der Waals surface area contributed by atoms with Crippen LogP contribution in [-0.2, 0) is 19.3 Å². The number of aliphatic hydroxyl groups excluding tert-OH is 1. The molecule has 0 aromatic carbocycles. The molecule has 1 aromatic rings. The number of rotatable bonds is 5. The lowest BCUT2D eigenvalue weighted by atomic mass is 9.87. The van der Waals surface area contributed by atoms with E-state index in [4.69, 9.17) is 5.11 Å². The van der Waals surface area contributed by atoms with E-state index in [0.717, 1.165) is 30.6 Å². The molecule has 0 fully saturated rings. The van der Waals surface area contributed by atoms with Crippen molar-refractivity contribution in [1.29, 1.82) is 5.26 Å². The van der Waals surface area contributed by atoms with Crippen LogP contribution >= 0.6 is 0 Å². The minimum absolute atomic E-state index is 0.167. The average Bonchev–Trinajstić information content (AvgIpc) is 2.46. The topological polar surface area (TPSA) is 70.2 Å². The first kappa shape index (κ1) is 13.8. The van der Waals surface area contributed by atoms with Crippen molar-refractivity contribution < 1.29 is 10.1 Å². The molecule has 4 nitrogen and oxygen atoms in total. The Hall–Kier alpha value is -1.60. The van der Waals surface area contributed by atoms with Crippen LogP contribution in [0.2, 0.25) is 0 Å². The number of hydrogen-bond acceptors (Lipinski definition) is 3. The normalized spacial score (nSPS) is 13.7. The molecule has 2 rings (SSSR count). The summed E-state index contributed by atoms with van der Waals surface area (Å²) in [6, 6.07) is 2.35. The maximum absolute atomic E-state index is 9.44. The highest BCUT2D eigenvalue weighted by Gasteiger charge is 2.24. The molecule has 1 heterocycles. The molecule has 4 heteroatoms. The Kier molecular flexibility index (Phi) is 4.75. The summed E-state index contributed by atoms with van der Waals surface area (Å²) >= 11 is 0.